The van der Waals surface area contributed by atoms with Crippen molar-refractivity contribution in [2.45, 2.75) is 32.8 Å². The van der Waals surface area contributed by atoms with Crippen LogP contribution >= 0.6 is 0 Å². The van der Waals surface area contributed by atoms with Crippen LogP contribution in [0.15, 0.2) is 12.1 Å². The number of rotatable bonds is 3. The molecule has 0 aromatic heterocycles. The summed E-state index contributed by atoms with van der Waals surface area (Å²) in [6, 6.07) is 2.99. The number of halogens is 2. The van der Waals surface area contributed by atoms with Crippen LogP contribution in [0.5, 0.6) is 0 Å². The van der Waals surface area contributed by atoms with Crippen molar-refractivity contribution in [2.24, 2.45) is 11.8 Å². The van der Waals surface area contributed by atoms with Gasteiger partial charge in [-0.3, -0.25) is 0 Å². The Hall–Kier alpha value is -0.960. The second-order valence-corrected chi connectivity index (χ2v) is 4.74. The Kier molecular flexibility index (Phi) is 2.98. The molecule has 0 aliphatic heterocycles. The minimum atomic E-state index is -0.903. The van der Waals surface area contributed by atoms with Crippen LogP contribution in [-0.4, -0.2) is 5.11 Å². The molecule has 1 aromatic carbocycles. The number of benzene rings is 1. The first-order chi connectivity index (χ1) is 7.52. The van der Waals surface area contributed by atoms with Gasteiger partial charge in [-0.15, -0.1) is 0 Å². The molecule has 0 amide bonds. The van der Waals surface area contributed by atoms with E-state index >= 15 is 0 Å². The van der Waals surface area contributed by atoms with Gasteiger partial charge in [0.05, 0.1) is 6.10 Å². The van der Waals surface area contributed by atoms with Gasteiger partial charge in [0.25, 0.3) is 0 Å². The Morgan fingerprint density at radius 3 is 2.44 bits per heavy atom. The van der Waals surface area contributed by atoms with Crippen molar-refractivity contribution < 1.29 is 13.9 Å². The molecule has 1 N–H and O–H groups in total. The summed E-state index contributed by atoms with van der Waals surface area (Å²) in [5, 5.41) is 9.99. The van der Waals surface area contributed by atoms with Crippen LogP contribution in [0, 0.1) is 30.4 Å². The van der Waals surface area contributed by atoms with Gasteiger partial charge in [0.1, 0.15) is 0 Å². The molecule has 0 radical (unpaired) electrons. The van der Waals surface area contributed by atoms with E-state index in [4.69, 9.17) is 0 Å². The Morgan fingerprint density at radius 2 is 1.88 bits per heavy atom. The third-order valence-corrected chi connectivity index (χ3v) is 3.49. The van der Waals surface area contributed by atoms with Crippen molar-refractivity contribution in [3.8, 4) is 0 Å². The van der Waals surface area contributed by atoms with Gasteiger partial charge < -0.3 is 5.11 Å². The summed E-state index contributed by atoms with van der Waals surface area (Å²) in [4.78, 5) is 0. The molecule has 1 nitrogen and oxygen atoms in total. The predicted octanol–water partition coefficient (Wildman–Crippen LogP) is 3.35. The lowest BCUT2D eigenvalue weighted by atomic mass is 9.92. The highest BCUT2D eigenvalue weighted by atomic mass is 19.2. The molecular formula is C13H16F2O. The van der Waals surface area contributed by atoms with Gasteiger partial charge in [-0.25, -0.2) is 8.78 Å². The van der Waals surface area contributed by atoms with E-state index in [9.17, 15) is 13.9 Å². The first-order valence-electron chi connectivity index (χ1n) is 5.65. The van der Waals surface area contributed by atoms with Crippen molar-refractivity contribution in [1.29, 1.82) is 0 Å². The fourth-order valence-electron chi connectivity index (χ4n) is 2.05. The number of hydrogen-bond donors (Lipinski definition) is 1. The normalized spacial score (nSPS) is 19.6. The lowest BCUT2D eigenvalue weighted by molar-refractivity contribution is 0.101. The largest absolute Gasteiger partial charge is 0.388 e. The Morgan fingerprint density at radius 1 is 1.25 bits per heavy atom. The third kappa shape index (κ3) is 1.96. The Labute approximate surface area is 94.1 Å². The lowest BCUT2D eigenvalue weighted by Crippen LogP contribution is -2.13. The van der Waals surface area contributed by atoms with E-state index in [1.807, 2.05) is 6.92 Å². The molecule has 1 aliphatic rings. The molecule has 16 heavy (non-hydrogen) atoms. The Balaban J connectivity index is 2.29. The van der Waals surface area contributed by atoms with Crippen molar-refractivity contribution in [2.75, 3.05) is 0 Å². The fourth-order valence-corrected chi connectivity index (χ4v) is 2.05. The van der Waals surface area contributed by atoms with E-state index in [1.54, 1.807) is 0 Å². The number of aryl methyl sites for hydroxylation is 1. The Bertz CT molecular complexity index is 399. The standard InChI is InChI=1S/C13H16F2O/c1-7-3-6-10(12(15)11(7)14)13(16)8(2)9-4-5-9/h3,6,8-9,13,16H,4-5H2,1-2H3. The van der Waals surface area contributed by atoms with Crippen molar-refractivity contribution in [1.82, 2.24) is 0 Å². The van der Waals surface area contributed by atoms with Crippen LogP contribution < -0.4 is 0 Å². The minimum Gasteiger partial charge on any atom is -0.388 e. The van der Waals surface area contributed by atoms with Crippen molar-refractivity contribution >= 4 is 0 Å². The van der Waals surface area contributed by atoms with Gasteiger partial charge in [-0.2, -0.15) is 0 Å². The highest BCUT2D eigenvalue weighted by molar-refractivity contribution is 5.27. The van der Waals surface area contributed by atoms with Crippen LogP contribution in [0.1, 0.15) is 37.0 Å². The zero-order valence-corrected chi connectivity index (χ0v) is 9.50. The second kappa shape index (κ2) is 4.13. The van der Waals surface area contributed by atoms with Crippen LogP contribution in [0.3, 0.4) is 0 Å². The quantitative estimate of drug-likeness (QED) is 0.838. The van der Waals surface area contributed by atoms with Gasteiger partial charge in [-0.1, -0.05) is 19.1 Å². The molecule has 0 bridgehead atoms. The topological polar surface area (TPSA) is 20.2 Å². The molecule has 88 valence electrons. The number of aliphatic hydroxyl groups excluding tert-OH is 1. The van der Waals surface area contributed by atoms with Crippen LogP contribution in [0.4, 0.5) is 8.78 Å². The molecule has 0 heterocycles. The molecule has 2 atom stereocenters. The zero-order valence-electron chi connectivity index (χ0n) is 9.50. The summed E-state index contributed by atoms with van der Waals surface area (Å²) in [6.45, 7) is 3.40. The number of aliphatic hydroxyl groups is 1. The molecule has 3 heteroatoms. The van der Waals surface area contributed by atoms with Gasteiger partial charge in [0.2, 0.25) is 0 Å². The summed E-state index contributed by atoms with van der Waals surface area (Å²) in [7, 11) is 0. The lowest BCUT2D eigenvalue weighted by Gasteiger charge is -2.19. The van der Waals surface area contributed by atoms with E-state index in [0.717, 1.165) is 12.8 Å². The first-order valence-corrected chi connectivity index (χ1v) is 5.65. The molecule has 0 spiro atoms. The summed E-state index contributed by atoms with van der Waals surface area (Å²) in [5.41, 5.74) is 0.357. The summed E-state index contributed by atoms with van der Waals surface area (Å²) in [6.07, 6.45) is 1.25. The minimum absolute atomic E-state index is 0.00314. The maximum Gasteiger partial charge on any atom is 0.164 e. The predicted molar refractivity (Wildman–Crippen MR) is 57.9 cm³/mol. The fraction of sp³-hybridized carbons (Fsp3) is 0.538. The average molecular weight is 226 g/mol. The molecule has 2 unspecified atom stereocenters. The highest BCUT2D eigenvalue weighted by Crippen LogP contribution is 2.43. The maximum atomic E-state index is 13.6. The molecule has 1 aliphatic carbocycles. The van der Waals surface area contributed by atoms with E-state index in [2.05, 4.69) is 0 Å². The third-order valence-electron chi connectivity index (χ3n) is 3.49. The van der Waals surface area contributed by atoms with E-state index in [1.165, 1.54) is 19.1 Å². The summed E-state index contributed by atoms with van der Waals surface area (Å²) < 4.78 is 27.0. The van der Waals surface area contributed by atoms with Gasteiger partial charge >= 0.3 is 0 Å². The van der Waals surface area contributed by atoms with E-state index in [-0.39, 0.29) is 17.0 Å². The monoisotopic (exact) mass is 226 g/mol. The molecule has 1 saturated carbocycles. The summed E-state index contributed by atoms with van der Waals surface area (Å²) in [5.74, 6) is -1.30. The molecular weight excluding hydrogens is 210 g/mol. The van der Waals surface area contributed by atoms with Crippen LogP contribution in [0.25, 0.3) is 0 Å². The second-order valence-electron chi connectivity index (χ2n) is 4.74. The van der Waals surface area contributed by atoms with Crippen LogP contribution in [0.2, 0.25) is 0 Å². The van der Waals surface area contributed by atoms with Crippen LogP contribution in [-0.2, 0) is 0 Å². The van der Waals surface area contributed by atoms with Crippen molar-refractivity contribution in [3.05, 3.63) is 34.9 Å². The van der Waals surface area contributed by atoms with Crippen molar-refractivity contribution in [3.63, 3.8) is 0 Å². The van der Waals surface area contributed by atoms with Gasteiger partial charge in [0.15, 0.2) is 11.6 Å². The summed E-state index contributed by atoms with van der Waals surface area (Å²) >= 11 is 0. The molecule has 1 aromatic rings. The van der Waals surface area contributed by atoms with E-state index < -0.39 is 17.7 Å². The molecule has 2 rings (SSSR count). The molecule has 1 fully saturated rings. The maximum absolute atomic E-state index is 13.6. The van der Waals surface area contributed by atoms with E-state index in [0.29, 0.717) is 5.92 Å². The average Bonchev–Trinajstić information content (AvgIpc) is 3.08. The smallest absolute Gasteiger partial charge is 0.164 e. The SMILES string of the molecule is Cc1ccc(C(O)C(C)C2CC2)c(F)c1F. The number of hydrogen-bond acceptors (Lipinski definition) is 1. The molecule has 0 saturated heterocycles. The first kappa shape index (κ1) is 11.5. The van der Waals surface area contributed by atoms with Gasteiger partial charge in [0, 0.05) is 5.56 Å². The highest BCUT2D eigenvalue weighted by Gasteiger charge is 2.34. The van der Waals surface area contributed by atoms with Gasteiger partial charge in [-0.05, 0) is 37.2 Å². The zero-order chi connectivity index (χ0) is 11.9.